The molecule has 0 heterocycles. The van der Waals surface area contributed by atoms with Crippen molar-refractivity contribution in [2.24, 2.45) is 11.1 Å². The van der Waals surface area contributed by atoms with Gasteiger partial charge in [-0.1, -0.05) is 65.4 Å². The zero-order valence-corrected chi connectivity index (χ0v) is 18.1. The number of halogens is 4. The van der Waals surface area contributed by atoms with Gasteiger partial charge in [-0.15, -0.1) is 0 Å². The molecule has 1 aromatic carbocycles. The van der Waals surface area contributed by atoms with Crippen molar-refractivity contribution < 1.29 is 14.3 Å². The van der Waals surface area contributed by atoms with Crippen molar-refractivity contribution >= 4 is 52.1 Å². The summed E-state index contributed by atoms with van der Waals surface area (Å²) in [4.78, 5) is 5.27. The Kier molecular flexibility index (Phi) is 11.2. The van der Waals surface area contributed by atoms with Gasteiger partial charge in [0.1, 0.15) is 23.5 Å². The average Bonchev–Trinajstić information content (AvgIpc) is 2.51. The molecule has 26 heavy (non-hydrogen) atoms. The van der Waals surface area contributed by atoms with Crippen LogP contribution in [0.3, 0.4) is 0 Å². The van der Waals surface area contributed by atoms with Gasteiger partial charge in [0, 0.05) is 18.6 Å². The minimum atomic E-state index is 0.133. The second kappa shape index (κ2) is 12.6. The third kappa shape index (κ3) is 9.77. The summed E-state index contributed by atoms with van der Waals surface area (Å²) in [5.41, 5.74) is 0.980. The molecule has 0 spiro atoms. The van der Waals surface area contributed by atoms with Gasteiger partial charge in [0.15, 0.2) is 5.75 Å². The predicted molar refractivity (Wildman–Crippen MR) is 110 cm³/mol. The number of hydrogen-bond donors (Lipinski definition) is 0. The first-order valence-electron chi connectivity index (χ1n) is 8.20. The number of oxime groups is 1. The van der Waals surface area contributed by atoms with E-state index in [1.807, 2.05) is 6.92 Å². The fraction of sp³-hybridized carbons (Fsp3) is 0.500. The van der Waals surface area contributed by atoms with Crippen LogP contribution in [0.25, 0.3) is 0 Å². The summed E-state index contributed by atoms with van der Waals surface area (Å²) >= 11 is 23.4. The summed E-state index contributed by atoms with van der Waals surface area (Å²) in [6.45, 7) is 7.31. The lowest BCUT2D eigenvalue weighted by atomic mass is 10.1. The van der Waals surface area contributed by atoms with Crippen molar-refractivity contribution in [2.75, 3.05) is 19.8 Å². The molecule has 0 aliphatic rings. The minimum absolute atomic E-state index is 0.133. The van der Waals surface area contributed by atoms with Gasteiger partial charge in [-0.2, -0.15) is 0 Å². The van der Waals surface area contributed by atoms with Crippen LogP contribution in [0, 0.1) is 5.92 Å². The van der Waals surface area contributed by atoms with Crippen molar-refractivity contribution in [3.8, 4) is 11.5 Å². The highest BCUT2D eigenvalue weighted by Crippen LogP contribution is 2.37. The normalized spacial score (nSPS) is 11.5. The lowest BCUT2D eigenvalue weighted by molar-refractivity contribution is 0.127. The highest BCUT2D eigenvalue weighted by atomic mass is 35.5. The van der Waals surface area contributed by atoms with E-state index in [-0.39, 0.29) is 11.1 Å². The molecule has 0 bridgehead atoms. The van der Waals surface area contributed by atoms with Crippen LogP contribution < -0.4 is 9.47 Å². The number of hydrogen-bond acceptors (Lipinski definition) is 4. The fourth-order valence-corrected chi connectivity index (χ4v) is 2.74. The van der Waals surface area contributed by atoms with E-state index in [1.165, 1.54) is 6.08 Å². The van der Waals surface area contributed by atoms with Crippen LogP contribution in [0.2, 0.25) is 10.0 Å². The summed E-state index contributed by atoms with van der Waals surface area (Å²) in [5, 5.41) is 4.79. The molecule has 0 amide bonds. The van der Waals surface area contributed by atoms with E-state index >= 15 is 0 Å². The topological polar surface area (TPSA) is 40.0 Å². The molecule has 0 unspecified atom stereocenters. The molecule has 0 saturated heterocycles. The summed E-state index contributed by atoms with van der Waals surface area (Å²) in [6.07, 6.45) is 3.09. The monoisotopic (exact) mass is 441 g/mol. The Morgan fingerprint density at radius 2 is 1.77 bits per heavy atom. The number of ether oxygens (including phenoxy) is 2. The first-order chi connectivity index (χ1) is 12.3. The van der Waals surface area contributed by atoms with Crippen LogP contribution in [0.15, 0.2) is 27.9 Å². The van der Waals surface area contributed by atoms with Crippen molar-refractivity contribution in [2.45, 2.75) is 33.6 Å². The SMILES string of the molecule is CC(CC(C)C)=NOCCCOc1c(Cl)cc(OCC=C(Cl)Cl)cc1Cl. The predicted octanol–water partition coefficient (Wildman–Crippen LogP) is 6.90. The number of nitrogens with zero attached hydrogens (tertiary/aromatic N) is 1. The molecule has 0 atom stereocenters. The van der Waals surface area contributed by atoms with Gasteiger partial charge in [-0.25, -0.2) is 0 Å². The number of rotatable bonds is 11. The second-order valence-corrected chi connectivity index (χ2v) is 7.80. The summed E-state index contributed by atoms with van der Waals surface area (Å²) in [6, 6.07) is 3.24. The van der Waals surface area contributed by atoms with E-state index in [0.717, 1.165) is 12.1 Å². The van der Waals surface area contributed by atoms with Crippen LogP contribution in [-0.2, 0) is 4.84 Å². The van der Waals surface area contributed by atoms with Crippen LogP contribution in [0.4, 0.5) is 0 Å². The Labute approximate surface area is 175 Å². The second-order valence-electron chi connectivity index (χ2n) is 5.98. The van der Waals surface area contributed by atoms with Crippen LogP contribution >= 0.6 is 46.4 Å². The van der Waals surface area contributed by atoms with E-state index in [1.54, 1.807) is 12.1 Å². The molecule has 1 rings (SSSR count). The van der Waals surface area contributed by atoms with Crippen molar-refractivity contribution in [3.63, 3.8) is 0 Å². The van der Waals surface area contributed by atoms with Crippen LogP contribution in [0.1, 0.15) is 33.6 Å². The zero-order valence-electron chi connectivity index (χ0n) is 15.0. The molecular weight excluding hydrogens is 420 g/mol. The average molecular weight is 443 g/mol. The standard InChI is InChI=1S/C18H23Cl4NO3/c1-12(2)9-13(3)23-26-7-4-6-25-18-15(19)10-14(11-16(18)20)24-8-5-17(21)22/h5,10-12H,4,6-9H2,1-3H3. The molecule has 0 radical (unpaired) electrons. The first kappa shape index (κ1) is 23.2. The van der Waals surface area contributed by atoms with E-state index < -0.39 is 0 Å². The third-order valence-corrected chi connectivity index (χ3v) is 3.88. The van der Waals surface area contributed by atoms with Gasteiger partial charge in [-0.05, 0) is 25.3 Å². The Balaban J connectivity index is 2.42. The quantitative estimate of drug-likeness (QED) is 0.212. The van der Waals surface area contributed by atoms with Gasteiger partial charge in [0.25, 0.3) is 0 Å². The molecule has 146 valence electrons. The van der Waals surface area contributed by atoms with Gasteiger partial charge >= 0.3 is 0 Å². The molecule has 0 aliphatic carbocycles. The van der Waals surface area contributed by atoms with Gasteiger partial charge in [0.2, 0.25) is 0 Å². The highest BCUT2D eigenvalue weighted by Gasteiger charge is 2.10. The first-order valence-corrected chi connectivity index (χ1v) is 9.72. The molecular formula is C18H23Cl4NO3. The minimum Gasteiger partial charge on any atom is -0.490 e. The van der Waals surface area contributed by atoms with E-state index in [0.29, 0.717) is 47.1 Å². The van der Waals surface area contributed by atoms with E-state index in [9.17, 15) is 0 Å². The zero-order chi connectivity index (χ0) is 19.5. The summed E-state index contributed by atoms with van der Waals surface area (Å²) in [7, 11) is 0. The van der Waals surface area contributed by atoms with Gasteiger partial charge in [0.05, 0.1) is 22.4 Å². The summed E-state index contributed by atoms with van der Waals surface area (Å²) in [5.74, 6) is 1.47. The molecule has 0 aromatic heterocycles. The van der Waals surface area contributed by atoms with E-state index in [2.05, 4.69) is 19.0 Å². The van der Waals surface area contributed by atoms with Crippen molar-refractivity contribution in [1.29, 1.82) is 0 Å². The third-order valence-electron chi connectivity index (χ3n) is 3.01. The Morgan fingerprint density at radius 3 is 2.35 bits per heavy atom. The Morgan fingerprint density at radius 1 is 1.12 bits per heavy atom. The maximum atomic E-state index is 6.20. The van der Waals surface area contributed by atoms with Crippen LogP contribution in [0.5, 0.6) is 11.5 Å². The Bertz CT molecular complexity index is 606. The van der Waals surface area contributed by atoms with Gasteiger partial charge < -0.3 is 14.3 Å². The van der Waals surface area contributed by atoms with Crippen LogP contribution in [-0.4, -0.2) is 25.5 Å². The van der Waals surface area contributed by atoms with Crippen molar-refractivity contribution in [3.05, 3.63) is 32.7 Å². The maximum Gasteiger partial charge on any atom is 0.156 e. The lowest BCUT2D eigenvalue weighted by Crippen LogP contribution is -2.04. The molecule has 0 saturated carbocycles. The molecule has 0 N–H and O–H groups in total. The largest absolute Gasteiger partial charge is 0.490 e. The molecule has 0 aliphatic heterocycles. The fourth-order valence-electron chi connectivity index (χ4n) is 2.04. The number of benzene rings is 1. The Hall–Kier alpha value is -0.810. The van der Waals surface area contributed by atoms with Crippen molar-refractivity contribution in [1.82, 2.24) is 0 Å². The van der Waals surface area contributed by atoms with Gasteiger partial charge in [-0.3, -0.25) is 0 Å². The highest BCUT2D eigenvalue weighted by molar-refractivity contribution is 6.55. The lowest BCUT2D eigenvalue weighted by Gasteiger charge is -2.12. The smallest absolute Gasteiger partial charge is 0.156 e. The molecule has 4 nitrogen and oxygen atoms in total. The molecule has 8 heteroatoms. The van der Waals surface area contributed by atoms with E-state index in [4.69, 9.17) is 60.7 Å². The molecule has 0 fully saturated rings. The maximum absolute atomic E-state index is 6.20. The molecule has 1 aromatic rings. The summed E-state index contributed by atoms with van der Waals surface area (Å²) < 4.78 is 11.2.